The largest absolute Gasteiger partial charge is 0.436 e. The number of benzene rings is 8. The van der Waals surface area contributed by atoms with Crippen LogP contribution in [-0.2, 0) is 0 Å². The van der Waals surface area contributed by atoms with Gasteiger partial charge < -0.3 is 4.42 Å². The van der Waals surface area contributed by atoms with Gasteiger partial charge in [0.05, 0.1) is 0 Å². The number of oxazole rings is 1. The highest BCUT2D eigenvalue weighted by Crippen LogP contribution is 2.43. The molecular formula is C52H30N4OS2. The van der Waals surface area contributed by atoms with Gasteiger partial charge >= 0.3 is 0 Å². The molecule has 4 heterocycles. The summed E-state index contributed by atoms with van der Waals surface area (Å²) in [4.78, 5) is 19.9. The molecule has 12 rings (SSSR count). The van der Waals surface area contributed by atoms with Crippen LogP contribution in [0, 0.1) is 0 Å². The van der Waals surface area contributed by atoms with Crippen molar-refractivity contribution in [2.24, 2.45) is 0 Å². The molecule has 5 nitrogen and oxygen atoms in total. The molecule has 7 heteroatoms. The van der Waals surface area contributed by atoms with Gasteiger partial charge in [-0.2, -0.15) is 0 Å². The number of aromatic nitrogens is 4. The van der Waals surface area contributed by atoms with Gasteiger partial charge in [-0.15, -0.1) is 22.7 Å². The van der Waals surface area contributed by atoms with Crippen LogP contribution in [0.4, 0.5) is 0 Å². The minimum Gasteiger partial charge on any atom is -0.436 e. The van der Waals surface area contributed by atoms with Crippen molar-refractivity contribution in [3.05, 3.63) is 182 Å². The molecule has 0 bridgehead atoms. The summed E-state index contributed by atoms with van der Waals surface area (Å²) in [5, 5.41) is 4.97. The van der Waals surface area contributed by atoms with Gasteiger partial charge in [0.2, 0.25) is 5.89 Å². The lowest BCUT2D eigenvalue weighted by atomic mass is 9.99. The highest BCUT2D eigenvalue weighted by atomic mass is 32.1. The van der Waals surface area contributed by atoms with E-state index >= 15 is 0 Å². The van der Waals surface area contributed by atoms with E-state index in [1.165, 1.54) is 51.5 Å². The van der Waals surface area contributed by atoms with E-state index in [0.29, 0.717) is 23.4 Å². The second kappa shape index (κ2) is 13.7. The number of nitrogens with zero attached hydrogens (tertiary/aromatic N) is 4. The molecule has 0 saturated carbocycles. The molecule has 0 unspecified atom stereocenters. The zero-order valence-electron chi connectivity index (χ0n) is 31.3. The SMILES string of the molecule is c1ccc(-c2nc(-c3ccc(-c4cccc5c4sc4ccc(-c6ccc(-c7nc8ccccc8o7)cc6)cc45)cc3)nc(-c3cccc4c3sc3ccccc34)n2)cc1. The van der Waals surface area contributed by atoms with Crippen molar-refractivity contribution in [2.45, 2.75) is 0 Å². The second-order valence-corrected chi connectivity index (χ2v) is 16.7. The molecule has 0 radical (unpaired) electrons. The van der Waals surface area contributed by atoms with Crippen LogP contribution in [0.5, 0.6) is 0 Å². The lowest BCUT2D eigenvalue weighted by molar-refractivity contribution is 0.620. The van der Waals surface area contributed by atoms with Gasteiger partial charge in [-0.3, -0.25) is 0 Å². The van der Waals surface area contributed by atoms with Crippen molar-refractivity contribution in [1.29, 1.82) is 0 Å². The monoisotopic (exact) mass is 790 g/mol. The number of para-hydroxylation sites is 2. The predicted molar refractivity (Wildman–Crippen MR) is 246 cm³/mol. The summed E-state index contributed by atoms with van der Waals surface area (Å²) in [5.74, 6) is 2.60. The van der Waals surface area contributed by atoms with Gasteiger partial charge in [0.25, 0.3) is 0 Å². The smallest absolute Gasteiger partial charge is 0.227 e. The van der Waals surface area contributed by atoms with Crippen LogP contribution in [0.25, 0.3) is 119 Å². The first kappa shape index (κ1) is 33.8. The quantitative estimate of drug-likeness (QED) is 0.168. The molecule has 0 aliphatic carbocycles. The van der Waals surface area contributed by atoms with Crippen LogP contribution in [-0.4, -0.2) is 19.9 Å². The fourth-order valence-electron chi connectivity index (χ4n) is 8.07. The predicted octanol–water partition coefficient (Wildman–Crippen LogP) is 14.8. The van der Waals surface area contributed by atoms with E-state index in [1.54, 1.807) is 11.3 Å². The standard InChI is InChI=1S/C52H30N4OS2/c1-2-10-33(11-3-1)49-54-50(56-51(55-49)41-16-9-14-39-38-12-4-7-19-45(38)58-48(39)41)34-24-22-32(23-25-34)37-13-8-15-40-42-30-36(28-29-46(42)59-47(37)40)31-20-26-35(27-21-31)52-53-43-17-5-6-18-44(43)57-52/h1-30H. The maximum atomic E-state index is 6.02. The maximum Gasteiger partial charge on any atom is 0.227 e. The molecule has 12 aromatic rings. The fraction of sp³-hybridized carbons (Fsp3) is 0. The lowest BCUT2D eigenvalue weighted by Gasteiger charge is -2.10. The summed E-state index contributed by atoms with van der Waals surface area (Å²) in [7, 11) is 0. The molecule has 0 fully saturated rings. The van der Waals surface area contributed by atoms with Crippen molar-refractivity contribution >= 4 is 74.1 Å². The third-order valence-electron chi connectivity index (χ3n) is 11.0. The maximum absolute atomic E-state index is 6.02. The Hall–Kier alpha value is -7.32. The summed E-state index contributed by atoms with van der Waals surface area (Å²) in [6.45, 7) is 0. The first-order chi connectivity index (χ1) is 29.2. The van der Waals surface area contributed by atoms with E-state index in [1.807, 2.05) is 53.8 Å². The Balaban J connectivity index is 0.899. The molecule has 59 heavy (non-hydrogen) atoms. The molecular weight excluding hydrogens is 761 g/mol. The average Bonchev–Trinajstić information content (AvgIpc) is 4.03. The zero-order chi connectivity index (χ0) is 38.9. The third kappa shape index (κ3) is 5.82. The Morgan fingerprint density at radius 2 is 0.898 bits per heavy atom. The first-order valence-corrected chi connectivity index (χ1v) is 21.1. The van der Waals surface area contributed by atoms with Crippen LogP contribution in [0.2, 0.25) is 0 Å². The summed E-state index contributed by atoms with van der Waals surface area (Å²) < 4.78 is 11.0. The summed E-state index contributed by atoms with van der Waals surface area (Å²) in [5.41, 5.74) is 10.2. The van der Waals surface area contributed by atoms with E-state index in [-0.39, 0.29) is 0 Å². The third-order valence-corrected chi connectivity index (χ3v) is 13.5. The van der Waals surface area contributed by atoms with E-state index in [2.05, 4.69) is 145 Å². The van der Waals surface area contributed by atoms with Crippen molar-refractivity contribution in [3.8, 4) is 67.9 Å². The molecule has 8 aromatic carbocycles. The van der Waals surface area contributed by atoms with Crippen LogP contribution in [0.3, 0.4) is 0 Å². The lowest BCUT2D eigenvalue weighted by Crippen LogP contribution is -2.00. The summed E-state index contributed by atoms with van der Waals surface area (Å²) in [6, 6.07) is 63.5. The Morgan fingerprint density at radius 1 is 0.339 bits per heavy atom. The van der Waals surface area contributed by atoms with Gasteiger partial charge in [0.15, 0.2) is 23.1 Å². The van der Waals surface area contributed by atoms with Crippen molar-refractivity contribution in [1.82, 2.24) is 19.9 Å². The van der Waals surface area contributed by atoms with Crippen LogP contribution >= 0.6 is 22.7 Å². The minimum absolute atomic E-state index is 0.633. The topological polar surface area (TPSA) is 64.7 Å². The van der Waals surface area contributed by atoms with E-state index in [0.717, 1.165) is 44.5 Å². The molecule has 0 N–H and O–H groups in total. The molecule has 0 saturated heterocycles. The van der Waals surface area contributed by atoms with Gasteiger partial charge in [-0.05, 0) is 70.8 Å². The van der Waals surface area contributed by atoms with E-state index in [9.17, 15) is 0 Å². The number of rotatable bonds is 6. The van der Waals surface area contributed by atoms with Crippen LogP contribution in [0.15, 0.2) is 186 Å². The normalized spacial score (nSPS) is 11.7. The zero-order valence-corrected chi connectivity index (χ0v) is 33.0. The van der Waals surface area contributed by atoms with Crippen LogP contribution < -0.4 is 0 Å². The van der Waals surface area contributed by atoms with Crippen molar-refractivity contribution in [3.63, 3.8) is 0 Å². The molecule has 276 valence electrons. The summed E-state index contributed by atoms with van der Waals surface area (Å²) in [6.07, 6.45) is 0. The average molecular weight is 791 g/mol. The number of hydrogen-bond acceptors (Lipinski definition) is 7. The summed E-state index contributed by atoms with van der Waals surface area (Å²) >= 11 is 3.62. The second-order valence-electron chi connectivity index (χ2n) is 14.6. The Labute approximate surface area is 346 Å². The van der Waals surface area contributed by atoms with Crippen molar-refractivity contribution < 1.29 is 4.42 Å². The van der Waals surface area contributed by atoms with Crippen LogP contribution in [0.1, 0.15) is 0 Å². The molecule has 4 aromatic heterocycles. The molecule has 0 aliphatic rings. The van der Waals surface area contributed by atoms with E-state index in [4.69, 9.17) is 19.4 Å². The minimum atomic E-state index is 0.633. The molecule has 0 spiro atoms. The van der Waals surface area contributed by atoms with Gasteiger partial charge in [0, 0.05) is 62.6 Å². The van der Waals surface area contributed by atoms with Crippen molar-refractivity contribution in [2.75, 3.05) is 0 Å². The number of thiophene rings is 2. The fourth-order valence-corrected chi connectivity index (χ4v) is 10.5. The highest BCUT2D eigenvalue weighted by molar-refractivity contribution is 7.26. The Morgan fingerprint density at radius 3 is 1.69 bits per heavy atom. The molecule has 0 aliphatic heterocycles. The Kier molecular flexibility index (Phi) is 7.82. The van der Waals surface area contributed by atoms with Gasteiger partial charge in [-0.1, -0.05) is 133 Å². The molecule has 0 amide bonds. The number of fused-ring (bicyclic) bond motifs is 7. The van der Waals surface area contributed by atoms with Gasteiger partial charge in [-0.25, -0.2) is 19.9 Å². The van der Waals surface area contributed by atoms with E-state index < -0.39 is 0 Å². The number of hydrogen-bond donors (Lipinski definition) is 0. The highest BCUT2D eigenvalue weighted by Gasteiger charge is 2.18. The first-order valence-electron chi connectivity index (χ1n) is 19.4. The van der Waals surface area contributed by atoms with Gasteiger partial charge in [0.1, 0.15) is 5.52 Å². The molecule has 0 atom stereocenters. The Bertz CT molecular complexity index is 3520.